The Bertz CT molecular complexity index is 333. The maximum atomic E-state index is 4.39. The van der Waals surface area contributed by atoms with E-state index in [0.29, 0.717) is 6.04 Å². The number of rotatable bonds is 7. The lowest BCUT2D eigenvalue weighted by Crippen LogP contribution is -2.24. The first kappa shape index (κ1) is 14.7. The topological polar surface area (TPSA) is 29.9 Å². The van der Waals surface area contributed by atoms with Crippen LogP contribution >= 0.6 is 15.9 Å². The molecule has 0 aliphatic heterocycles. The number of halogens is 1. The molecule has 0 fully saturated rings. The quantitative estimate of drug-likeness (QED) is 0.831. The number of nitrogens with zero attached hydrogens (tertiary/aromatic N) is 2. The molecule has 0 spiro atoms. The van der Waals surface area contributed by atoms with Gasteiger partial charge >= 0.3 is 0 Å². The van der Waals surface area contributed by atoms with Crippen molar-refractivity contribution in [2.24, 2.45) is 5.92 Å². The largest absolute Gasteiger partial charge is 0.309 e. The second-order valence-electron chi connectivity index (χ2n) is 4.77. The highest BCUT2D eigenvalue weighted by molar-refractivity contribution is 9.10. The van der Waals surface area contributed by atoms with Crippen LogP contribution in [0.3, 0.4) is 0 Å². The van der Waals surface area contributed by atoms with Gasteiger partial charge in [0.25, 0.3) is 0 Å². The van der Waals surface area contributed by atoms with E-state index in [9.17, 15) is 0 Å². The number of aromatic nitrogens is 2. The number of hydrogen-bond donors (Lipinski definition) is 1. The van der Waals surface area contributed by atoms with Crippen LogP contribution in [0.4, 0.5) is 0 Å². The number of nitrogens with one attached hydrogen (secondary N) is 1. The molecule has 1 N–H and O–H groups in total. The molecular formula is C13H24BrN3. The lowest BCUT2D eigenvalue weighted by atomic mass is 10.0. The maximum absolute atomic E-state index is 4.39. The second kappa shape index (κ2) is 7.17. The van der Waals surface area contributed by atoms with E-state index in [1.54, 1.807) is 0 Å². The maximum Gasteiger partial charge on any atom is 0.0695 e. The first-order chi connectivity index (χ1) is 8.10. The highest BCUT2D eigenvalue weighted by atomic mass is 79.9. The van der Waals surface area contributed by atoms with E-state index >= 15 is 0 Å². The number of aryl methyl sites for hydroxylation is 1. The van der Waals surface area contributed by atoms with Crippen molar-refractivity contribution in [2.45, 2.75) is 53.1 Å². The fourth-order valence-corrected chi connectivity index (χ4v) is 2.62. The van der Waals surface area contributed by atoms with E-state index < -0.39 is 0 Å². The monoisotopic (exact) mass is 301 g/mol. The zero-order valence-corrected chi connectivity index (χ0v) is 12.9. The molecule has 1 aromatic heterocycles. The summed E-state index contributed by atoms with van der Waals surface area (Å²) < 4.78 is 3.20. The summed E-state index contributed by atoms with van der Waals surface area (Å²) in [4.78, 5) is 0. The molecule has 0 amide bonds. The van der Waals surface area contributed by atoms with Crippen molar-refractivity contribution in [2.75, 3.05) is 6.54 Å². The summed E-state index contributed by atoms with van der Waals surface area (Å²) in [6.45, 7) is 10.7. The Morgan fingerprint density at radius 2 is 2.06 bits per heavy atom. The van der Waals surface area contributed by atoms with Gasteiger partial charge in [0, 0.05) is 6.54 Å². The summed E-state index contributed by atoms with van der Waals surface area (Å²) in [5.41, 5.74) is 1.29. The van der Waals surface area contributed by atoms with Gasteiger partial charge in [-0.25, -0.2) is 0 Å². The Morgan fingerprint density at radius 1 is 1.35 bits per heavy atom. The molecule has 0 bridgehead atoms. The van der Waals surface area contributed by atoms with Gasteiger partial charge in [0.05, 0.1) is 22.4 Å². The predicted molar refractivity (Wildman–Crippen MR) is 76.1 cm³/mol. The normalized spacial score (nSPS) is 13.3. The Kier molecular flexibility index (Phi) is 6.20. The summed E-state index contributed by atoms with van der Waals surface area (Å²) in [6, 6.07) is 0.402. The van der Waals surface area contributed by atoms with Crippen molar-refractivity contribution in [3.63, 3.8) is 0 Å². The Hall–Kier alpha value is -0.350. The SMILES string of the molecule is CCNC(CCC(C)C)c1c(Br)cnn1CC. The van der Waals surface area contributed by atoms with Crippen LogP contribution in [0.2, 0.25) is 0 Å². The average Bonchev–Trinajstić information content (AvgIpc) is 2.65. The van der Waals surface area contributed by atoms with Crippen LogP contribution in [0.5, 0.6) is 0 Å². The highest BCUT2D eigenvalue weighted by Crippen LogP contribution is 2.27. The third-order valence-corrected chi connectivity index (χ3v) is 3.56. The molecule has 1 atom stereocenters. The molecule has 1 unspecified atom stereocenters. The van der Waals surface area contributed by atoms with Crippen LogP contribution in [0, 0.1) is 5.92 Å². The molecule has 1 heterocycles. The Balaban J connectivity index is 2.84. The third kappa shape index (κ3) is 4.11. The van der Waals surface area contributed by atoms with E-state index in [1.807, 2.05) is 6.20 Å². The van der Waals surface area contributed by atoms with Gasteiger partial charge in [-0.1, -0.05) is 20.8 Å². The fraction of sp³-hybridized carbons (Fsp3) is 0.769. The minimum atomic E-state index is 0.402. The van der Waals surface area contributed by atoms with E-state index in [4.69, 9.17) is 0 Å². The minimum Gasteiger partial charge on any atom is -0.309 e. The van der Waals surface area contributed by atoms with Gasteiger partial charge in [-0.15, -0.1) is 0 Å². The average molecular weight is 302 g/mol. The van der Waals surface area contributed by atoms with Gasteiger partial charge in [0.15, 0.2) is 0 Å². The predicted octanol–water partition coefficient (Wildman–Crippen LogP) is 3.75. The summed E-state index contributed by atoms with van der Waals surface area (Å²) in [5, 5.41) is 7.96. The first-order valence-corrected chi connectivity index (χ1v) is 7.34. The summed E-state index contributed by atoms with van der Waals surface area (Å²) in [5.74, 6) is 0.743. The fourth-order valence-electron chi connectivity index (χ4n) is 2.05. The molecule has 0 aliphatic carbocycles. The van der Waals surface area contributed by atoms with Crippen molar-refractivity contribution in [3.05, 3.63) is 16.4 Å². The van der Waals surface area contributed by atoms with Gasteiger partial charge in [-0.05, 0) is 48.2 Å². The standard InChI is InChI=1S/C13H24BrN3/c1-5-15-12(8-7-10(3)4)13-11(14)9-16-17(13)6-2/h9-10,12,15H,5-8H2,1-4H3. The summed E-state index contributed by atoms with van der Waals surface area (Å²) in [7, 11) is 0. The molecule has 1 aromatic rings. The van der Waals surface area contributed by atoms with E-state index in [-0.39, 0.29) is 0 Å². The Morgan fingerprint density at radius 3 is 2.59 bits per heavy atom. The van der Waals surface area contributed by atoms with Gasteiger partial charge < -0.3 is 5.32 Å². The zero-order chi connectivity index (χ0) is 12.8. The van der Waals surface area contributed by atoms with Crippen LogP contribution < -0.4 is 5.32 Å². The van der Waals surface area contributed by atoms with E-state index in [0.717, 1.165) is 29.9 Å². The highest BCUT2D eigenvalue weighted by Gasteiger charge is 2.18. The molecule has 0 saturated heterocycles. The van der Waals surface area contributed by atoms with Crippen LogP contribution in [0.1, 0.15) is 52.3 Å². The van der Waals surface area contributed by atoms with Crippen molar-refractivity contribution in [3.8, 4) is 0 Å². The molecule has 0 aromatic carbocycles. The molecule has 17 heavy (non-hydrogen) atoms. The van der Waals surface area contributed by atoms with Crippen molar-refractivity contribution >= 4 is 15.9 Å². The molecule has 1 rings (SSSR count). The molecule has 0 radical (unpaired) electrons. The van der Waals surface area contributed by atoms with Crippen LogP contribution in [-0.2, 0) is 6.54 Å². The van der Waals surface area contributed by atoms with Gasteiger partial charge in [-0.2, -0.15) is 5.10 Å². The molecule has 98 valence electrons. The summed E-state index contributed by atoms with van der Waals surface area (Å²) >= 11 is 3.61. The lowest BCUT2D eigenvalue weighted by Gasteiger charge is -2.20. The molecule has 3 nitrogen and oxygen atoms in total. The van der Waals surface area contributed by atoms with Crippen LogP contribution in [0.15, 0.2) is 10.7 Å². The molecule has 0 saturated carbocycles. The van der Waals surface area contributed by atoms with Gasteiger partial charge in [-0.3, -0.25) is 4.68 Å². The van der Waals surface area contributed by atoms with Crippen molar-refractivity contribution in [1.29, 1.82) is 0 Å². The number of hydrogen-bond acceptors (Lipinski definition) is 2. The van der Waals surface area contributed by atoms with Crippen molar-refractivity contribution < 1.29 is 0 Å². The second-order valence-corrected chi connectivity index (χ2v) is 5.63. The Labute approximate surface area is 113 Å². The molecule has 0 aliphatic rings. The van der Waals surface area contributed by atoms with Crippen molar-refractivity contribution in [1.82, 2.24) is 15.1 Å². The zero-order valence-electron chi connectivity index (χ0n) is 11.3. The van der Waals surface area contributed by atoms with Crippen LogP contribution in [-0.4, -0.2) is 16.3 Å². The first-order valence-electron chi connectivity index (χ1n) is 6.54. The van der Waals surface area contributed by atoms with Gasteiger partial charge in [0.1, 0.15) is 0 Å². The van der Waals surface area contributed by atoms with E-state index in [1.165, 1.54) is 12.1 Å². The molecular weight excluding hydrogens is 278 g/mol. The molecule has 4 heteroatoms. The van der Waals surface area contributed by atoms with Crippen LogP contribution in [0.25, 0.3) is 0 Å². The smallest absolute Gasteiger partial charge is 0.0695 e. The summed E-state index contributed by atoms with van der Waals surface area (Å²) in [6.07, 6.45) is 4.30. The van der Waals surface area contributed by atoms with Gasteiger partial charge in [0.2, 0.25) is 0 Å². The van der Waals surface area contributed by atoms with E-state index in [2.05, 4.69) is 58.7 Å². The lowest BCUT2D eigenvalue weighted by molar-refractivity contribution is 0.421. The minimum absolute atomic E-state index is 0.402. The third-order valence-electron chi connectivity index (χ3n) is 2.95.